The minimum Gasteiger partial charge on any atom is -0.353 e. The van der Waals surface area contributed by atoms with Gasteiger partial charge in [-0.25, -0.2) is 0 Å². The first-order valence-electron chi connectivity index (χ1n) is 9.66. The van der Waals surface area contributed by atoms with E-state index in [1.807, 2.05) is 6.07 Å². The van der Waals surface area contributed by atoms with Crippen molar-refractivity contribution in [1.82, 2.24) is 5.32 Å². The molecule has 1 aromatic heterocycles. The fourth-order valence-corrected chi connectivity index (χ4v) is 5.69. The SMILES string of the molecule is CC(C)[NH+]1CCc2c(sc3c2C(=O)N[C@H](c2cccc4ccccc24)N3)C1. The molecule has 27 heavy (non-hydrogen) atoms. The van der Waals surface area contributed by atoms with Gasteiger partial charge in [-0.05, 0) is 30.2 Å². The Balaban J connectivity index is 1.53. The van der Waals surface area contributed by atoms with Gasteiger partial charge in [-0.3, -0.25) is 4.79 Å². The van der Waals surface area contributed by atoms with Gasteiger partial charge < -0.3 is 15.5 Å². The molecule has 2 aliphatic heterocycles. The summed E-state index contributed by atoms with van der Waals surface area (Å²) < 4.78 is 0. The number of fused-ring (bicyclic) bond motifs is 4. The Morgan fingerprint density at radius 3 is 2.78 bits per heavy atom. The summed E-state index contributed by atoms with van der Waals surface area (Å²) in [6, 6.07) is 15.2. The van der Waals surface area contributed by atoms with Gasteiger partial charge in [0.25, 0.3) is 5.91 Å². The molecule has 3 aromatic rings. The van der Waals surface area contributed by atoms with Crippen LogP contribution in [0.5, 0.6) is 0 Å². The van der Waals surface area contributed by atoms with Crippen molar-refractivity contribution in [2.24, 2.45) is 0 Å². The molecule has 4 nitrogen and oxygen atoms in total. The lowest BCUT2D eigenvalue weighted by Gasteiger charge is -2.29. The molecule has 0 fully saturated rings. The van der Waals surface area contributed by atoms with Gasteiger partial charge in [0.1, 0.15) is 17.7 Å². The van der Waals surface area contributed by atoms with E-state index in [0.717, 1.165) is 35.6 Å². The summed E-state index contributed by atoms with van der Waals surface area (Å²) in [7, 11) is 0. The molecule has 0 aliphatic carbocycles. The summed E-state index contributed by atoms with van der Waals surface area (Å²) in [5, 5.41) is 10.2. The van der Waals surface area contributed by atoms with Crippen LogP contribution in [-0.4, -0.2) is 18.5 Å². The molecule has 1 unspecified atom stereocenters. The van der Waals surface area contributed by atoms with Gasteiger partial charge in [0.15, 0.2) is 0 Å². The number of quaternary nitrogens is 1. The summed E-state index contributed by atoms with van der Waals surface area (Å²) in [6.45, 7) is 6.68. The molecule has 5 rings (SSSR count). The molecule has 0 bridgehead atoms. The van der Waals surface area contributed by atoms with Crippen molar-refractivity contribution >= 4 is 33.0 Å². The van der Waals surface area contributed by atoms with Crippen molar-refractivity contribution in [3.05, 3.63) is 64.0 Å². The molecule has 3 heterocycles. The Labute approximate surface area is 163 Å². The second kappa shape index (κ2) is 6.36. The average molecular weight is 379 g/mol. The Morgan fingerprint density at radius 2 is 1.93 bits per heavy atom. The minimum absolute atomic E-state index is 0.0622. The Bertz CT molecular complexity index is 1030. The van der Waals surface area contributed by atoms with Crippen LogP contribution in [-0.2, 0) is 13.0 Å². The van der Waals surface area contributed by atoms with Gasteiger partial charge in [0.05, 0.1) is 23.0 Å². The van der Waals surface area contributed by atoms with E-state index in [4.69, 9.17) is 0 Å². The zero-order valence-electron chi connectivity index (χ0n) is 15.6. The number of amides is 1. The molecule has 0 saturated carbocycles. The zero-order valence-corrected chi connectivity index (χ0v) is 16.5. The number of carbonyl (C=O) groups is 1. The molecule has 0 saturated heterocycles. The van der Waals surface area contributed by atoms with Crippen LogP contribution in [0, 0.1) is 0 Å². The summed E-state index contributed by atoms with van der Waals surface area (Å²) >= 11 is 1.77. The number of benzene rings is 2. The van der Waals surface area contributed by atoms with Crippen LogP contribution < -0.4 is 15.5 Å². The smallest absolute Gasteiger partial charge is 0.256 e. The lowest BCUT2D eigenvalue weighted by atomic mass is 9.98. The Morgan fingerprint density at radius 1 is 1.11 bits per heavy atom. The van der Waals surface area contributed by atoms with Crippen molar-refractivity contribution in [2.45, 2.75) is 39.0 Å². The topological polar surface area (TPSA) is 45.6 Å². The third-order valence-corrected chi connectivity index (χ3v) is 7.07. The van der Waals surface area contributed by atoms with Crippen LogP contribution in [0.25, 0.3) is 10.8 Å². The molecular weight excluding hydrogens is 354 g/mol. The molecule has 2 aliphatic rings. The molecule has 3 N–H and O–H groups in total. The normalized spacial score (nSPS) is 21.5. The van der Waals surface area contributed by atoms with E-state index in [9.17, 15) is 4.79 Å². The molecule has 2 aromatic carbocycles. The summed E-state index contributed by atoms with van der Waals surface area (Å²) in [5.41, 5.74) is 3.27. The van der Waals surface area contributed by atoms with Gasteiger partial charge in [-0.2, -0.15) is 0 Å². The molecule has 0 spiro atoms. The molecule has 138 valence electrons. The van der Waals surface area contributed by atoms with E-state index in [1.54, 1.807) is 16.2 Å². The summed E-state index contributed by atoms with van der Waals surface area (Å²) in [6.07, 6.45) is 0.799. The van der Waals surface area contributed by atoms with E-state index in [1.165, 1.54) is 21.2 Å². The maximum Gasteiger partial charge on any atom is 0.256 e. The predicted octanol–water partition coefficient (Wildman–Crippen LogP) is 3.10. The second-order valence-corrected chi connectivity index (χ2v) is 8.92. The lowest BCUT2D eigenvalue weighted by Crippen LogP contribution is -3.14. The van der Waals surface area contributed by atoms with Crippen LogP contribution >= 0.6 is 11.3 Å². The predicted molar refractivity (Wildman–Crippen MR) is 110 cm³/mol. The van der Waals surface area contributed by atoms with Gasteiger partial charge in [-0.1, -0.05) is 42.5 Å². The number of rotatable bonds is 2. The Hall–Kier alpha value is -2.37. The first kappa shape index (κ1) is 16.8. The van der Waals surface area contributed by atoms with E-state index in [-0.39, 0.29) is 12.1 Å². The average Bonchev–Trinajstić information content (AvgIpc) is 3.05. The van der Waals surface area contributed by atoms with Crippen molar-refractivity contribution < 1.29 is 9.69 Å². The highest BCUT2D eigenvalue weighted by Gasteiger charge is 2.35. The first-order valence-corrected chi connectivity index (χ1v) is 10.5. The molecule has 0 radical (unpaired) electrons. The third kappa shape index (κ3) is 2.73. The van der Waals surface area contributed by atoms with Crippen molar-refractivity contribution in [3.8, 4) is 0 Å². The monoisotopic (exact) mass is 378 g/mol. The van der Waals surface area contributed by atoms with Gasteiger partial charge >= 0.3 is 0 Å². The fraction of sp³-hybridized carbons (Fsp3) is 0.318. The summed E-state index contributed by atoms with van der Waals surface area (Å²) in [4.78, 5) is 16.0. The number of anilines is 1. The van der Waals surface area contributed by atoms with Gasteiger partial charge in [-0.15, -0.1) is 11.3 Å². The van der Waals surface area contributed by atoms with Crippen molar-refractivity contribution in [1.29, 1.82) is 0 Å². The second-order valence-electron chi connectivity index (χ2n) is 7.82. The highest BCUT2D eigenvalue weighted by atomic mass is 32.1. The maximum atomic E-state index is 13.0. The molecule has 2 atom stereocenters. The van der Waals surface area contributed by atoms with Gasteiger partial charge in [0, 0.05) is 12.0 Å². The van der Waals surface area contributed by atoms with Crippen molar-refractivity contribution in [3.63, 3.8) is 0 Å². The molecular formula is C22H24N3OS+. The largest absolute Gasteiger partial charge is 0.353 e. The van der Waals surface area contributed by atoms with Crippen LogP contribution in [0.2, 0.25) is 0 Å². The van der Waals surface area contributed by atoms with Crippen molar-refractivity contribution in [2.75, 3.05) is 11.9 Å². The standard InChI is InChI=1S/C22H23N3OS/c1-13(2)25-11-10-17-18(12-25)27-22-19(17)21(26)23-20(24-22)16-9-5-7-14-6-3-4-8-15(14)16/h3-9,13,20,24H,10-12H2,1-2H3,(H,23,26)/p+1/t20-/m0/s1. The van der Waals surface area contributed by atoms with Crippen LogP contribution in [0.1, 0.15) is 46.4 Å². The van der Waals surface area contributed by atoms with E-state index < -0.39 is 0 Å². The highest BCUT2D eigenvalue weighted by Crippen LogP contribution is 2.39. The third-order valence-electron chi connectivity index (χ3n) is 5.90. The number of thiophene rings is 1. The fourth-order valence-electron chi connectivity index (χ4n) is 4.36. The van der Waals surface area contributed by atoms with Crippen LogP contribution in [0.3, 0.4) is 0 Å². The molecule has 5 heteroatoms. The quantitative estimate of drug-likeness (QED) is 0.642. The zero-order chi connectivity index (χ0) is 18.5. The van der Waals surface area contributed by atoms with Crippen LogP contribution in [0.4, 0.5) is 5.00 Å². The van der Waals surface area contributed by atoms with Crippen LogP contribution in [0.15, 0.2) is 42.5 Å². The van der Waals surface area contributed by atoms with E-state index in [2.05, 4.69) is 60.9 Å². The number of hydrogen-bond acceptors (Lipinski definition) is 3. The summed E-state index contributed by atoms with van der Waals surface area (Å²) in [5.74, 6) is 0.0622. The maximum absolute atomic E-state index is 13.0. The first-order chi connectivity index (χ1) is 13.1. The number of carbonyl (C=O) groups excluding carboxylic acids is 1. The highest BCUT2D eigenvalue weighted by molar-refractivity contribution is 7.16. The lowest BCUT2D eigenvalue weighted by molar-refractivity contribution is -0.936. The number of hydrogen-bond donors (Lipinski definition) is 3. The minimum atomic E-state index is -0.190. The van der Waals surface area contributed by atoms with E-state index >= 15 is 0 Å². The van der Waals surface area contributed by atoms with E-state index in [0.29, 0.717) is 6.04 Å². The number of nitrogens with one attached hydrogen (secondary N) is 3. The Kier molecular flexibility index (Phi) is 3.95. The molecule has 1 amide bonds. The van der Waals surface area contributed by atoms with Gasteiger partial charge in [0.2, 0.25) is 0 Å².